The van der Waals surface area contributed by atoms with Crippen molar-refractivity contribution in [3.8, 4) is 22.8 Å². The fourth-order valence-corrected chi connectivity index (χ4v) is 6.91. The molecule has 0 atom stereocenters. The maximum atomic E-state index is 6.03. The van der Waals surface area contributed by atoms with Crippen LogP contribution in [0.5, 0.6) is 0 Å². The van der Waals surface area contributed by atoms with Gasteiger partial charge in [0.25, 0.3) is 0 Å². The summed E-state index contributed by atoms with van der Waals surface area (Å²) in [5.41, 5.74) is 1.93. The van der Waals surface area contributed by atoms with Crippen LogP contribution in [0, 0.1) is 0 Å². The predicted octanol–water partition coefficient (Wildman–Crippen LogP) is 5.85. The summed E-state index contributed by atoms with van der Waals surface area (Å²) in [4.78, 5) is 9.62. The van der Waals surface area contributed by atoms with Crippen molar-refractivity contribution in [2.24, 2.45) is 0 Å². The normalized spacial score (nSPS) is 11.9. The molecule has 10 heteroatoms. The van der Waals surface area contributed by atoms with E-state index < -0.39 is 8.80 Å². The first kappa shape index (κ1) is 29.2. The SMILES string of the molecule is CCCCc1nc(-c2cccc(-c3nc(CCCC)n(CCC[Si](OCC)(OCC)OCC)n3)c2)n[nH]1. The Balaban J connectivity index is 1.78. The smallest absolute Gasteiger partial charge is 0.374 e. The molecule has 2 heterocycles. The molecule has 204 valence electrons. The van der Waals surface area contributed by atoms with E-state index in [1.165, 1.54) is 0 Å². The number of hydrogen-bond donors (Lipinski definition) is 1. The molecule has 0 amide bonds. The molecule has 0 unspecified atom stereocenters. The maximum absolute atomic E-state index is 6.03. The Morgan fingerprint density at radius 1 is 0.811 bits per heavy atom. The zero-order chi connectivity index (χ0) is 26.5. The molecule has 0 saturated carbocycles. The summed E-state index contributed by atoms with van der Waals surface area (Å²) >= 11 is 0. The maximum Gasteiger partial charge on any atom is 0.500 e. The van der Waals surface area contributed by atoms with Crippen molar-refractivity contribution in [1.29, 1.82) is 0 Å². The molecule has 0 aliphatic rings. The van der Waals surface area contributed by atoms with E-state index in [4.69, 9.17) is 23.4 Å². The summed E-state index contributed by atoms with van der Waals surface area (Å²) in [5.74, 6) is 3.39. The molecule has 9 nitrogen and oxygen atoms in total. The Hall–Kier alpha value is -2.40. The monoisotopic (exact) mass is 528 g/mol. The minimum absolute atomic E-state index is 0.586. The Bertz CT molecular complexity index is 1050. The molecule has 0 saturated heterocycles. The first-order chi connectivity index (χ1) is 18.1. The molecule has 3 aromatic rings. The Kier molecular flexibility index (Phi) is 11.9. The van der Waals surface area contributed by atoms with Gasteiger partial charge >= 0.3 is 8.80 Å². The lowest BCUT2D eigenvalue weighted by atomic mass is 10.1. The molecule has 0 bridgehead atoms. The fraction of sp³-hybridized carbons (Fsp3) is 0.630. The van der Waals surface area contributed by atoms with Crippen molar-refractivity contribution in [1.82, 2.24) is 29.9 Å². The van der Waals surface area contributed by atoms with Gasteiger partial charge in [0, 0.05) is 56.4 Å². The van der Waals surface area contributed by atoms with Gasteiger partial charge in [0.05, 0.1) is 0 Å². The van der Waals surface area contributed by atoms with Gasteiger partial charge in [-0.05, 0) is 46.1 Å². The molecule has 3 rings (SSSR count). The highest BCUT2D eigenvalue weighted by Gasteiger charge is 2.39. The van der Waals surface area contributed by atoms with Gasteiger partial charge in [-0.25, -0.2) is 14.6 Å². The van der Waals surface area contributed by atoms with E-state index in [1.54, 1.807) is 0 Å². The van der Waals surface area contributed by atoms with Gasteiger partial charge < -0.3 is 13.3 Å². The number of aryl methyl sites for hydroxylation is 3. The summed E-state index contributed by atoms with van der Waals surface area (Å²) in [5, 5.41) is 12.4. The Labute approximate surface area is 222 Å². The second kappa shape index (κ2) is 15.1. The number of aromatic nitrogens is 6. The zero-order valence-corrected chi connectivity index (χ0v) is 24.3. The first-order valence-electron chi connectivity index (χ1n) is 14.0. The number of H-pyrrole nitrogens is 1. The molecule has 0 radical (unpaired) electrons. The predicted molar refractivity (Wildman–Crippen MR) is 148 cm³/mol. The third-order valence-corrected chi connectivity index (χ3v) is 9.28. The van der Waals surface area contributed by atoms with Crippen molar-refractivity contribution in [3.05, 3.63) is 35.9 Å². The molecule has 1 N–H and O–H groups in total. The van der Waals surface area contributed by atoms with E-state index in [-0.39, 0.29) is 0 Å². The number of unbranched alkanes of at least 4 members (excludes halogenated alkanes) is 2. The van der Waals surface area contributed by atoms with Crippen LogP contribution in [-0.2, 0) is 32.7 Å². The average molecular weight is 529 g/mol. The third kappa shape index (κ3) is 8.29. The van der Waals surface area contributed by atoms with E-state index in [9.17, 15) is 0 Å². The summed E-state index contributed by atoms with van der Waals surface area (Å²) in [6.45, 7) is 12.9. The lowest BCUT2D eigenvalue weighted by Gasteiger charge is -2.28. The second-order valence-corrected chi connectivity index (χ2v) is 11.8. The van der Waals surface area contributed by atoms with Crippen LogP contribution in [0.3, 0.4) is 0 Å². The van der Waals surface area contributed by atoms with Gasteiger partial charge in [-0.15, -0.1) is 0 Å². The van der Waals surface area contributed by atoms with Crippen LogP contribution in [0.25, 0.3) is 22.8 Å². The van der Waals surface area contributed by atoms with Crippen LogP contribution in [0.1, 0.15) is 78.4 Å². The number of hydrogen-bond acceptors (Lipinski definition) is 7. The Morgan fingerprint density at radius 2 is 1.46 bits per heavy atom. The minimum atomic E-state index is -2.68. The molecule has 0 fully saturated rings. The molecule has 2 aromatic heterocycles. The minimum Gasteiger partial charge on any atom is -0.374 e. The number of aromatic amines is 1. The largest absolute Gasteiger partial charge is 0.500 e. The van der Waals surface area contributed by atoms with Gasteiger partial charge in [-0.2, -0.15) is 10.2 Å². The van der Waals surface area contributed by atoms with Crippen molar-refractivity contribution >= 4 is 8.80 Å². The molecule has 0 aliphatic carbocycles. The highest BCUT2D eigenvalue weighted by molar-refractivity contribution is 6.60. The van der Waals surface area contributed by atoms with Crippen LogP contribution in [0.15, 0.2) is 24.3 Å². The molecular weight excluding hydrogens is 484 g/mol. The van der Waals surface area contributed by atoms with Crippen LogP contribution in [-0.4, -0.2) is 58.6 Å². The van der Waals surface area contributed by atoms with Crippen LogP contribution in [0.4, 0.5) is 0 Å². The van der Waals surface area contributed by atoms with Gasteiger partial charge in [0.1, 0.15) is 11.6 Å². The van der Waals surface area contributed by atoms with Gasteiger partial charge in [-0.1, -0.05) is 44.9 Å². The topological polar surface area (TPSA) is 100.0 Å². The number of benzene rings is 1. The van der Waals surface area contributed by atoms with Crippen LogP contribution in [0.2, 0.25) is 6.04 Å². The first-order valence-corrected chi connectivity index (χ1v) is 15.9. The highest BCUT2D eigenvalue weighted by Crippen LogP contribution is 2.24. The highest BCUT2D eigenvalue weighted by atomic mass is 28.4. The summed E-state index contributed by atoms with van der Waals surface area (Å²) in [6.07, 6.45) is 7.08. The number of nitrogens with zero attached hydrogens (tertiary/aromatic N) is 5. The standard InChI is InChI=1S/C27H44N6O3Si/c1-6-11-17-24-28-26(31-30-24)22-15-13-16-23(21-22)27-29-25(18-12-7-2)33(32-27)19-14-20-37(34-8-3,35-9-4)36-10-5/h13,15-16,21H,6-12,14,17-20H2,1-5H3,(H,28,30,31). The van der Waals surface area contributed by atoms with Crippen LogP contribution >= 0.6 is 0 Å². The van der Waals surface area contributed by atoms with E-state index in [2.05, 4.69) is 45.8 Å². The summed E-state index contributed by atoms with van der Waals surface area (Å²) < 4.78 is 20.1. The molecule has 1 aromatic carbocycles. The lowest BCUT2D eigenvalue weighted by Crippen LogP contribution is -2.46. The van der Waals surface area contributed by atoms with Gasteiger partial charge in [0.15, 0.2) is 11.6 Å². The summed E-state index contributed by atoms with van der Waals surface area (Å²) in [6, 6.07) is 8.93. The molecule has 0 aliphatic heterocycles. The van der Waals surface area contributed by atoms with Gasteiger partial charge in [-0.3, -0.25) is 5.10 Å². The lowest BCUT2D eigenvalue weighted by molar-refractivity contribution is 0.0704. The quantitative estimate of drug-likeness (QED) is 0.207. The van der Waals surface area contributed by atoms with E-state index in [0.717, 1.165) is 86.1 Å². The average Bonchev–Trinajstić information content (AvgIpc) is 3.54. The van der Waals surface area contributed by atoms with Gasteiger partial charge in [0.2, 0.25) is 0 Å². The number of rotatable bonds is 18. The zero-order valence-electron chi connectivity index (χ0n) is 23.3. The summed E-state index contributed by atoms with van der Waals surface area (Å²) in [7, 11) is -2.68. The van der Waals surface area contributed by atoms with E-state index in [1.807, 2.05) is 32.9 Å². The molecular formula is C27H44N6O3Si. The van der Waals surface area contributed by atoms with E-state index in [0.29, 0.717) is 25.6 Å². The Morgan fingerprint density at radius 3 is 2.11 bits per heavy atom. The van der Waals surface area contributed by atoms with E-state index >= 15 is 0 Å². The van der Waals surface area contributed by atoms with Crippen molar-refractivity contribution < 1.29 is 13.3 Å². The van der Waals surface area contributed by atoms with Crippen molar-refractivity contribution in [2.75, 3.05) is 19.8 Å². The van der Waals surface area contributed by atoms with Crippen molar-refractivity contribution in [3.63, 3.8) is 0 Å². The second-order valence-electron chi connectivity index (χ2n) is 9.05. The molecule has 0 spiro atoms. The third-order valence-electron chi connectivity index (χ3n) is 6.13. The van der Waals surface area contributed by atoms with Crippen LogP contribution < -0.4 is 0 Å². The van der Waals surface area contributed by atoms with Crippen molar-refractivity contribution in [2.45, 2.75) is 92.2 Å². The molecule has 37 heavy (non-hydrogen) atoms. The fourth-order valence-electron chi connectivity index (χ4n) is 4.32. The number of nitrogens with one attached hydrogen (secondary N) is 1.